The third-order valence-electron chi connectivity index (χ3n) is 4.65. The van der Waals surface area contributed by atoms with Crippen LogP contribution in [-0.4, -0.2) is 20.1 Å². The van der Waals surface area contributed by atoms with Crippen molar-refractivity contribution in [3.63, 3.8) is 0 Å². The van der Waals surface area contributed by atoms with Crippen molar-refractivity contribution in [1.82, 2.24) is 0 Å². The van der Waals surface area contributed by atoms with Gasteiger partial charge in [-0.1, -0.05) is 58.1 Å². The van der Waals surface area contributed by atoms with Crippen LogP contribution in [0.4, 0.5) is 17.1 Å². The molecule has 1 saturated heterocycles. The molecular weight excluding hydrogens is 546 g/mol. The van der Waals surface area contributed by atoms with Gasteiger partial charge in [-0.05, 0) is 42.5 Å². The Balaban J connectivity index is 1.67. The Kier molecular flexibility index (Phi) is 6.72. The van der Waals surface area contributed by atoms with E-state index < -0.39 is 21.2 Å². The number of halogens is 1. The predicted octanol–water partition coefficient (Wildman–Crippen LogP) is 6.46. The van der Waals surface area contributed by atoms with Gasteiger partial charge >= 0.3 is 5.69 Å². The van der Waals surface area contributed by atoms with E-state index in [2.05, 4.69) is 15.9 Å². The Labute approximate surface area is 210 Å². The first kappa shape index (κ1) is 23.5. The molecule has 0 aromatic heterocycles. The number of non-ortho nitro benzene ring substituents is 1. The standard InChI is InChI=1S/C22H12BrN3O6S2/c23-14-5-7-15(8-6-14)24-21(27)20(34-22(24)33)11-13-3-1-2-4-18(13)32-19-10-9-16(25(28)29)12-17(19)26(30)31/h1-12H/b20-11+. The molecule has 12 heteroatoms. The number of amides is 1. The van der Waals surface area contributed by atoms with E-state index in [9.17, 15) is 25.0 Å². The maximum Gasteiger partial charge on any atom is 0.318 e. The van der Waals surface area contributed by atoms with E-state index in [1.807, 2.05) is 0 Å². The molecule has 3 aromatic carbocycles. The van der Waals surface area contributed by atoms with Crippen molar-refractivity contribution in [2.45, 2.75) is 0 Å². The number of ether oxygens (including phenoxy) is 1. The van der Waals surface area contributed by atoms with Crippen LogP contribution in [-0.2, 0) is 4.79 Å². The molecule has 1 aliphatic rings. The number of benzene rings is 3. The number of nitro groups is 2. The van der Waals surface area contributed by atoms with Crippen molar-refractivity contribution in [3.8, 4) is 11.5 Å². The lowest BCUT2D eigenvalue weighted by Gasteiger charge is -2.14. The molecule has 1 amide bonds. The Morgan fingerprint density at radius 3 is 2.35 bits per heavy atom. The fourth-order valence-electron chi connectivity index (χ4n) is 3.08. The first-order chi connectivity index (χ1) is 16.2. The molecule has 0 radical (unpaired) electrons. The monoisotopic (exact) mass is 557 g/mol. The first-order valence-corrected chi connectivity index (χ1v) is 11.5. The van der Waals surface area contributed by atoms with Crippen molar-refractivity contribution < 1.29 is 19.4 Å². The van der Waals surface area contributed by atoms with E-state index in [1.165, 1.54) is 11.0 Å². The fourth-order valence-corrected chi connectivity index (χ4v) is 4.64. The van der Waals surface area contributed by atoms with Crippen molar-refractivity contribution in [2.24, 2.45) is 0 Å². The third-order valence-corrected chi connectivity index (χ3v) is 6.48. The topological polar surface area (TPSA) is 116 Å². The number of para-hydroxylation sites is 1. The number of anilines is 1. The third kappa shape index (κ3) is 4.83. The molecule has 0 spiro atoms. The van der Waals surface area contributed by atoms with Crippen molar-refractivity contribution in [3.05, 3.63) is 102 Å². The Morgan fingerprint density at radius 2 is 1.68 bits per heavy atom. The molecule has 0 N–H and O–H groups in total. The van der Waals surface area contributed by atoms with Crippen molar-refractivity contribution in [1.29, 1.82) is 0 Å². The molecule has 0 aliphatic carbocycles. The van der Waals surface area contributed by atoms with E-state index in [0.29, 0.717) is 20.5 Å². The number of nitro benzene ring substituents is 2. The summed E-state index contributed by atoms with van der Waals surface area (Å²) in [5, 5.41) is 22.4. The molecule has 4 rings (SSSR count). The van der Waals surface area contributed by atoms with Crippen molar-refractivity contribution >= 4 is 73.3 Å². The molecule has 1 aliphatic heterocycles. The van der Waals surface area contributed by atoms with Gasteiger partial charge in [-0.2, -0.15) is 0 Å². The van der Waals surface area contributed by atoms with Crippen LogP contribution in [0.1, 0.15) is 5.56 Å². The molecule has 0 atom stereocenters. The highest BCUT2D eigenvalue weighted by Gasteiger charge is 2.33. The van der Waals surface area contributed by atoms with Crippen LogP contribution in [0.5, 0.6) is 11.5 Å². The number of carbonyl (C=O) groups is 1. The molecule has 1 fully saturated rings. The summed E-state index contributed by atoms with van der Waals surface area (Å²) in [6.07, 6.45) is 1.59. The van der Waals surface area contributed by atoms with Crippen LogP contribution in [0.15, 0.2) is 76.1 Å². The summed E-state index contributed by atoms with van der Waals surface area (Å²) in [7, 11) is 0. The fraction of sp³-hybridized carbons (Fsp3) is 0. The van der Waals surface area contributed by atoms with Gasteiger partial charge in [0.25, 0.3) is 11.6 Å². The number of rotatable bonds is 6. The quantitative estimate of drug-likeness (QED) is 0.146. The summed E-state index contributed by atoms with van der Waals surface area (Å²) < 4.78 is 6.98. The van der Waals surface area contributed by atoms with Gasteiger partial charge in [-0.15, -0.1) is 0 Å². The molecule has 9 nitrogen and oxygen atoms in total. The van der Waals surface area contributed by atoms with E-state index in [1.54, 1.807) is 54.6 Å². The SMILES string of the molecule is O=C1/C(=C\c2ccccc2Oc2ccc([N+](=O)[O-])cc2[N+](=O)[O-])SC(=S)N1c1ccc(Br)cc1. The van der Waals surface area contributed by atoms with Gasteiger partial charge < -0.3 is 4.74 Å². The normalized spacial score (nSPS) is 14.5. The van der Waals surface area contributed by atoms with E-state index >= 15 is 0 Å². The number of hydrogen-bond acceptors (Lipinski definition) is 8. The highest BCUT2D eigenvalue weighted by Crippen LogP contribution is 2.39. The second-order valence-corrected chi connectivity index (χ2v) is 9.39. The van der Waals surface area contributed by atoms with Crippen LogP contribution in [0, 0.1) is 20.2 Å². The van der Waals surface area contributed by atoms with Gasteiger partial charge in [-0.25, -0.2) is 0 Å². The largest absolute Gasteiger partial charge is 0.449 e. The molecule has 0 unspecified atom stereocenters. The average molecular weight is 558 g/mol. The zero-order chi connectivity index (χ0) is 24.4. The number of carbonyl (C=O) groups excluding carboxylic acids is 1. The van der Waals surface area contributed by atoms with Gasteiger partial charge in [0.05, 0.1) is 26.5 Å². The van der Waals surface area contributed by atoms with Crippen LogP contribution < -0.4 is 9.64 Å². The molecule has 170 valence electrons. The van der Waals surface area contributed by atoms with Gasteiger partial charge in [0.15, 0.2) is 4.32 Å². The number of nitrogens with zero attached hydrogens (tertiary/aromatic N) is 3. The minimum Gasteiger partial charge on any atom is -0.449 e. The first-order valence-electron chi connectivity index (χ1n) is 9.48. The molecule has 0 saturated carbocycles. The lowest BCUT2D eigenvalue weighted by Crippen LogP contribution is -2.27. The lowest BCUT2D eigenvalue weighted by molar-refractivity contribution is -0.394. The second-order valence-electron chi connectivity index (χ2n) is 6.80. The van der Waals surface area contributed by atoms with Crippen LogP contribution >= 0.6 is 39.9 Å². The minimum atomic E-state index is -0.756. The van der Waals surface area contributed by atoms with Gasteiger partial charge in [0.2, 0.25) is 5.75 Å². The molecule has 3 aromatic rings. The maximum atomic E-state index is 13.1. The summed E-state index contributed by atoms with van der Waals surface area (Å²) in [4.78, 5) is 35.8. The zero-order valence-electron chi connectivity index (χ0n) is 16.9. The van der Waals surface area contributed by atoms with Crippen LogP contribution in [0.3, 0.4) is 0 Å². The van der Waals surface area contributed by atoms with Crippen LogP contribution in [0.25, 0.3) is 6.08 Å². The Morgan fingerprint density at radius 1 is 0.971 bits per heavy atom. The van der Waals surface area contributed by atoms with Crippen molar-refractivity contribution in [2.75, 3.05) is 4.90 Å². The minimum absolute atomic E-state index is 0.168. The Hall–Kier alpha value is -3.61. The molecule has 34 heavy (non-hydrogen) atoms. The van der Waals surface area contributed by atoms with Gasteiger partial charge in [-0.3, -0.25) is 29.9 Å². The molecule has 1 heterocycles. The summed E-state index contributed by atoms with van der Waals surface area (Å²) in [6, 6.07) is 16.9. The highest BCUT2D eigenvalue weighted by molar-refractivity contribution is 9.10. The van der Waals surface area contributed by atoms with E-state index in [4.69, 9.17) is 17.0 Å². The van der Waals surface area contributed by atoms with Gasteiger partial charge in [0.1, 0.15) is 5.75 Å². The van der Waals surface area contributed by atoms with E-state index in [-0.39, 0.29) is 17.4 Å². The smallest absolute Gasteiger partial charge is 0.318 e. The second kappa shape index (κ2) is 9.71. The summed E-state index contributed by atoms with van der Waals surface area (Å²) in [5.41, 5.74) is 0.126. The zero-order valence-corrected chi connectivity index (χ0v) is 20.1. The predicted molar refractivity (Wildman–Crippen MR) is 136 cm³/mol. The summed E-state index contributed by atoms with van der Waals surface area (Å²) in [5.74, 6) is -0.249. The average Bonchev–Trinajstić information content (AvgIpc) is 3.08. The summed E-state index contributed by atoms with van der Waals surface area (Å²) >= 11 is 9.88. The van der Waals surface area contributed by atoms with E-state index in [0.717, 1.165) is 28.4 Å². The molecular formula is C22H12BrN3O6S2. The van der Waals surface area contributed by atoms with Crippen LogP contribution in [0.2, 0.25) is 0 Å². The highest BCUT2D eigenvalue weighted by atomic mass is 79.9. The number of hydrogen-bond donors (Lipinski definition) is 0. The number of thioether (sulfide) groups is 1. The summed E-state index contributed by atoms with van der Waals surface area (Å²) in [6.45, 7) is 0. The van der Waals surface area contributed by atoms with Gasteiger partial charge in [0, 0.05) is 16.1 Å². The lowest BCUT2D eigenvalue weighted by atomic mass is 10.1. The number of thiocarbonyl (C=S) groups is 1. The molecule has 0 bridgehead atoms. The Bertz CT molecular complexity index is 1380. The maximum absolute atomic E-state index is 13.1.